The smallest absolute Gasteiger partial charge is 0.505 e. The van der Waals surface area contributed by atoms with E-state index in [1.807, 2.05) is 4.98 Å². The number of fused-ring (bicyclic) bond motifs is 1. The van der Waals surface area contributed by atoms with Crippen molar-refractivity contribution in [2.45, 2.75) is 4.90 Å². The summed E-state index contributed by atoms with van der Waals surface area (Å²) in [6, 6.07) is 0. The predicted octanol–water partition coefficient (Wildman–Crippen LogP) is -3.27. The molecule has 0 amide bonds. The summed E-state index contributed by atoms with van der Waals surface area (Å²) in [4.78, 5) is 12.2. The van der Waals surface area contributed by atoms with Crippen molar-refractivity contribution in [3.8, 4) is 28.7 Å². The topological polar surface area (TPSA) is 168 Å². The van der Waals surface area contributed by atoms with E-state index in [-0.39, 0.29) is 29.6 Å². The third-order valence-corrected chi connectivity index (χ3v) is 3.19. The van der Waals surface area contributed by atoms with Crippen molar-refractivity contribution in [1.29, 1.82) is 0 Å². The maximum absolute atomic E-state index is 11.2. The van der Waals surface area contributed by atoms with E-state index in [9.17, 15) is 38.7 Å². The molecule has 2 aromatic rings. The number of nitrogens with one attached hydrogen (secondary N) is 1. The number of aromatic hydroxyl groups is 5. The fraction of sp³-hybridized carbons (Fsp3) is 0. The fourth-order valence-electron chi connectivity index (χ4n) is 1.60. The summed E-state index contributed by atoms with van der Waals surface area (Å²) in [5.41, 5.74) is -1.89. The number of hydrogen-bond donors (Lipinski definition) is 6. The van der Waals surface area contributed by atoms with Crippen LogP contribution in [-0.4, -0.2) is 30.5 Å². The molecule has 0 radical (unpaired) electrons. The molecule has 0 aliphatic heterocycles. The van der Waals surface area contributed by atoms with Gasteiger partial charge in [-0.15, -0.1) is 0 Å². The first-order valence-corrected chi connectivity index (χ1v) is 5.68. The second-order valence-corrected chi connectivity index (χ2v) is 4.39. The van der Waals surface area contributed by atoms with Gasteiger partial charge in [0.2, 0.25) is 5.75 Å². The molecule has 0 saturated carbocycles. The Morgan fingerprint density at radius 3 is 1.80 bits per heavy atom. The average molecular weight is 311 g/mol. The molecular formula is C9H6NNaO8S. The van der Waals surface area contributed by atoms with Crippen molar-refractivity contribution in [2.24, 2.45) is 0 Å². The number of aromatic nitrogens is 1. The van der Waals surface area contributed by atoms with Crippen molar-refractivity contribution in [3.05, 3.63) is 10.4 Å². The SMILES string of the molecule is O=c1[nH]c2c([S-](=O)=O)c(O)c(O)c(O)c2c(O)c1O.[Na+]. The van der Waals surface area contributed by atoms with E-state index in [0.717, 1.165) is 0 Å². The van der Waals surface area contributed by atoms with Gasteiger partial charge >= 0.3 is 29.6 Å². The van der Waals surface area contributed by atoms with E-state index in [4.69, 9.17) is 0 Å². The zero-order valence-corrected chi connectivity index (χ0v) is 12.7. The van der Waals surface area contributed by atoms with Gasteiger partial charge in [0.15, 0.2) is 17.2 Å². The first kappa shape index (κ1) is 16.4. The molecule has 0 spiro atoms. The number of rotatable bonds is 1. The van der Waals surface area contributed by atoms with Crippen LogP contribution < -0.4 is 35.1 Å². The first-order valence-electron chi connectivity index (χ1n) is 4.61. The Morgan fingerprint density at radius 2 is 1.30 bits per heavy atom. The van der Waals surface area contributed by atoms with E-state index < -0.39 is 60.8 Å². The minimum atomic E-state index is -3.09. The van der Waals surface area contributed by atoms with Gasteiger partial charge in [-0.05, 0) is 15.6 Å². The molecule has 1 heterocycles. The summed E-state index contributed by atoms with van der Waals surface area (Å²) < 4.78 is 22.0. The van der Waals surface area contributed by atoms with Crippen LogP contribution in [0.4, 0.5) is 0 Å². The molecule has 20 heavy (non-hydrogen) atoms. The molecule has 6 N–H and O–H groups in total. The summed E-state index contributed by atoms with van der Waals surface area (Å²) in [5, 5.41) is 46.3. The number of hydrogen-bond acceptors (Lipinski definition) is 9. The van der Waals surface area contributed by atoms with Gasteiger partial charge in [0.1, 0.15) is 5.75 Å². The van der Waals surface area contributed by atoms with Gasteiger partial charge in [-0.25, -0.2) is 0 Å². The van der Waals surface area contributed by atoms with E-state index >= 15 is 0 Å². The number of phenols is 3. The Bertz CT molecular complexity index is 832. The monoisotopic (exact) mass is 311 g/mol. The predicted molar refractivity (Wildman–Crippen MR) is 59.9 cm³/mol. The van der Waals surface area contributed by atoms with Gasteiger partial charge in [0.25, 0.3) is 5.56 Å². The number of phenolic OH excluding ortho intramolecular Hbond substituents is 3. The van der Waals surface area contributed by atoms with Crippen molar-refractivity contribution in [2.75, 3.05) is 0 Å². The fourth-order valence-corrected chi connectivity index (χ4v) is 2.17. The third-order valence-electron chi connectivity index (χ3n) is 2.46. The molecule has 1 aromatic carbocycles. The van der Waals surface area contributed by atoms with Crippen molar-refractivity contribution in [1.82, 2.24) is 4.98 Å². The molecule has 9 nitrogen and oxygen atoms in total. The van der Waals surface area contributed by atoms with Crippen LogP contribution in [0.25, 0.3) is 10.9 Å². The van der Waals surface area contributed by atoms with Crippen LogP contribution in [0.15, 0.2) is 9.69 Å². The summed E-state index contributed by atoms with van der Waals surface area (Å²) >= 11 is 0. The van der Waals surface area contributed by atoms with Crippen LogP contribution in [-0.2, 0) is 19.1 Å². The molecule has 0 bridgehead atoms. The molecule has 0 aliphatic rings. The summed E-state index contributed by atoms with van der Waals surface area (Å²) in [7, 11) is -3.09. The molecular weight excluding hydrogens is 305 g/mol. The Balaban J connectivity index is 0.00000200. The van der Waals surface area contributed by atoms with Crippen LogP contribution in [0, 0.1) is 0 Å². The number of aromatic amines is 1. The Hall–Kier alpha value is -1.62. The minimum Gasteiger partial charge on any atom is -0.505 e. The van der Waals surface area contributed by atoms with Crippen LogP contribution in [0.5, 0.6) is 28.7 Å². The van der Waals surface area contributed by atoms with Gasteiger partial charge in [-0.3, -0.25) is 4.79 Å². The number of pyridine rings is 1. The van der Waals surface area contributed by atoms with Gasteiger partial charge in [-0.2, -0.15) is 0 Å². The van der Waals surface area contributed by atoms with Gasteiger partial charge in [0, 0.05) is 5.52 Å². The van der Waals surface area contributed by atoms with Gasteiger partial charge in [0.05, 0.1) is 5.39 Å². The van der Waals surface area contributed by atoms with Crippen LogP contribution in [0.2, 0.25) is 0 Å². The Morgan fingerprint density at radius 1 is 0.800 bits per heavy atom. The quantitative estimate of drug-likeness (QED) is 0.181. The van der Waals surface area contributed by atoms with E-state index in [2.05, 4.69) is 0 Å². The zero-order chi connectivity index (χ0) is 14.5. The minimum absolute atomic E-state index is 0. The molecule has 0 atom stereocenters. The Kier molecular flexibility index (Phi) is 4.44. The van der Waals surface area contributed by atoms with Gasteiger partial charge < -0.3 is 38.9 Å². The molecule has 0 unspecified atom stereocenters. The van der Waals surface area contributed by atoms with E-state index in [0.29, 0.717) is 0 Å². The molecule has 1 aromatic heterocycles. The van der Waals surface area contributed by atoms with Crippen molar-refractivity contribution < 1.29 is 63.5 Å². The van der Waals surface area contributed by atoms with Crippen molar-refractivity contribution >= 4 is 21.6 Å². The van der Waals surface area contributed by atoms with Gasteiger partial charge in [-0.1, -0.05) is 0 Å². The molecule has 0 saturated heterocycles. The zero-order valence-electron chi connectivity index (χ0n) is 9.87. The van der Waals surface area contributed by atoms with Crippen molar-refractivity contribution in [3.63, 3.8) is 0 Å². The van der Waals surface area contributed by atoms with E-state index in [1.165, 1.54) is 0 Å². The van der Waals surface area contributed by atoms with E-state index in [1.54, 1.807) is 0 Å². The average Bonchev–Trinajstić information content (AvgIpc) is 2.33. The summed E-state index contributed by atoms with van der Waals surface area (Å²) in [6.45, 7) is 0. The molecule has 0 fully saturated rings. The molecule has 0 aliphatic carbocycles. The van der Waals surface area contributed by atoms with Crippen LogP contribution in [0.1, 0.15) is 0 Å². The normalized spacial score (nSPS) is 10.7. The number of benzene rings is 1. The molecule has 2 rings (SSSR count). The number of H-pyrrole nitrogens is 1. The third kappa shape index (κ3) is 2.16. The maximum Gasteiger partial charge on any atom is 1.00 e. The summed E-state index contributed by atoms with van der Waals surface area (Å²) in [5.74, 6) is -5.80. The first-order chi connectivity index (χ1) is 8.77. The molecule has 11 heteroatoms. The summed E-state index contributed by atoms with van der Waals surface area (Å²) in [6.07, 6.45) is 0. The standard InChI is InChI=1S/C9H6NO8S.Na/c11-3-1-2(10-9(16)7(15)4(1)12)8(19(17)18)6(14)5(3)13;/h11,13-15H,(H2,10,12,16);/q-1;+1. The molecule has 102 valence electrons. The van der Waals surface area contributed by atoms with Crippen LogP contribution >= 0.6 is 0 Å². The maximum atomic E-state index is 11.2. The van der Waals surface area contributed by atoms with Crippen LogP contribution in [0.3, 0.4) is 0 Å². The Labute approximate surface area is 134 Å². The second-order valence-electron chi connectivity index (χ2n) is 3.51. The second kappa shape index (κ2) is 5.40. The largest absolute Gasteiger partial charge is 1.00 e.